The molecule has 2 aromatic carbocycles. The van der Waals surface area contributed by atoms with E-state index in [9.17, 15) is 9.59 Å². The molecule has 6 nitrogen and oxygen atoms in total. The number of urea groups is 1. The summed E-state index contributed by atoms with van der Waals surface area (Å²) in [5, 5.41) is 7.92. The molecule has 0 saturated heterocycles. The molecule has 0 bridgehead atoms. The zero-order valence-corrected chi connectivity index (χ0v) is 13.8. The lowest BCUT2D eigenvalue weighted by molar-refractivity contribution is -0.115. The van der Waals surface area contributed by atoms with E-state index in [-0.39, 0.29) is 12.5 Å². The fourth-order valence-electron chi connectivity index (χ4n) is 2.10. The number of hydrogen-bond donors (Lipinski definition) is 3. The SMILES string of the molecule is CCOc1ccccc1NC(=O)CNC(=O)Nc1cccc(C)c1. The number of anilines is 2. The van der Waals surface area contributed by atoms with Crippen LogP contribution in [0.3, 0.4) is 0 Å². The summed E-state index contributed by atoms with van der Waals surface area (Å²) < 4.78 is 5.44. The molecule has 3 amide bonds. The van der Waals surface area contributed by atoms with E-state index in [1.165, 1.54) is 0 Å². The number of ether oxygens (including phenoxy) is 1. The Bertz CT molecular complexity index is 716. The quantitative estimate of drug-likeness (QED) is 0.762. The highest BCUT2D eigenvalue weighted by atomic mass is 16.5. The number of aryl methyl sites for hydroxylation is 1. The smallest absolute Gasteiger partial charge is 0.319 e. The Morgan fingerprint density at radius 3 is 2.58 bits per heavy atom. The lowest BCUT2D eigenvalue weighted by Gasteiger charge is -2.12. The fraction of sp³-hybridized carbons (Fsp3) is 0.222. The maximum atomic E-state index is 12.0. The summed E-state index contributed by atoms with van der Waals surface area (Å²) in [5.74, 6) is 0.263. The standard InChI is InChI=1S/C18H21N3O3/c1-3-24-16-10-5-4-9-15(16)21-17(22)12-19-18(23)20-14-8-6-7-13(2)11-14/h4-11H,3,12H2,1-2H3,(H,21,22)(H2,19,20,23). The molecule has 2 rings (SSSR count). The molecule has 0 aromatic heterocycles. The third-order valence-electron chi connectivity index (χ3n) is 3.15. The topological polar surface area (TPSA) is 79.5 Å². The summed E-state index contributed by atoms with van der Waals surface area (Å²) >= 11 is 0. The number of nitrogens with one attached hydrogen (secondary N) is 3. The van der Waals surface area contributed by atoms with Gasteiger partial charge in [-0.1, -0.05) is 24.3 Å². The van der Waals surface area contributed by atoms with Crippen LogP contribution in [0.2, 0.25) is 0 Å². The van der Waals surface area contributed by atoms with Gasteiger partial charge in [0.1, 0.15) is 5.75 Å². The van der Waals surface area contributed by atoms with Gasteiger partial charge in [-0.15, -0.1) is 0 Å². The maximum Gasteiger partial charge on any atom is 0.319 e. The first-order valence-electron chi connectivity index (χ1n) is 7.71. The van der Waals surface area contributed by atoms with Crippen molar-refractivity contribution < 1.29 is 14.3 Å². The molecule has 0 atom stereocenters. The average Bonchev–Trinajstić information content (AvgIpc) is 2.55. The molecule has 0 saturated carbocycles. The van der Waals surface area contributed by atoms with Crippen LogP contribution in [0, 0.1) is 6.92 Å². The molecule has 2 aromatic rings. The lowest BCUT2D eigenvalue weighted by Crippen LogP contribution is -2.35. The Labute approximate surface area is 141 Å². The van der Waals surface area contributed by atoms with Crippen LogP contribution in [0.5, 0.6) is 5.75 Å². The fourth-order valence-corrected chi connectivity index (χ4v) is 2.10. The predicted octanol–water partition coefficient (Wildman–Crippen LogP) is 3.15. The van der Waals surface area contributed by atoms with Crippen LogP contribution in [0.25, 0.3) is 0 Å². The number of carbonyl (C=O) groups excluding carboxylic acids is 2. The van der Waals surface area contributed by atoms with Crippen LogP contribution < -0.4 is 20.7 Å². The molecule has 0 radical (unpaired) electrons. The van der Waals surface area contributed by atoms with Crippen molar-refractivity contribution in [2.24, 2.45) is 0 Å². The second-order valence-electron chi connectivity index (χ2n) is 5.15. The third-order valence-corrected chi connectivity index (χ3v) is 3.15. The van der Waals surface area contributed by atoms with Crippen molar-refractivity contribution in [3.63, 3.8) is 0 Å². The van der Waals surface area contributed by atoms with Gasteiger partial charge in [0.15, 0.2) is 0 Å². The molecule has 0 unspecified atom stereocenters. The van der Waals surface area contributed by atoms with E-state index in [2.05, 4.69) is 16.0 Å². The summed E-state index contributed by atoms with van der Waals surface area (Å²) in [6.45, 7) is 4.17. The van der Waals surface area contributed by atoms with Crippen molar-refractivity contribution in [2.45, 2.75) is 13.8 Å². The zero-order chi connectivity index (χ0) is 17.4. The number of carbonyl (C=O) groups is 2. The molecule has 24 heavy (non-hydrogen) atoms. The third kappa shape index (κ3) is 5.31. The van der Waals surface area contributed by atoms with E-state index in [0.29, 0.717) is 23.7 Å². The van der Waals surface area contributed by atoms with Crippen molar-refractivity contribution in [3.05, 3.63) is 54.1 Å². The van der Waals surface area contributed by atoms with E-state index in [1.54, 1.807) is 24.3 Å². The first-order chi connectivity index (χ1) is 11.6. The normalized spacial score (nSPS) is 9.92. The molecule has 0 spiro atoms. The molecule has 3 N–H and O–H groups in total. The Balaban J connectivity index is 1.84. The average molecular weight is 327 g/mol. The van der Waals surface area contributed by atoms with Gasteiger partial charge in [0.05, 0.1) is 18.8 Å². The van der Waals surface area contributed by atoms with E-state index in [1.807, 2.05) is 38.1 Å². The second kappa shape index (κ2) is 8.57. The van der Waals surface area contributed by atoms with Gasteiger partial charge in [-0.05, 0) is 43.7 Å². The van der Waals surface area contributed by atoms with Gasteiger partial charge in [-0.2, -0.15) is 0 Å². The number of benzene rings is 2. The van der Waals surface area contributed by atoms with Gasteiger partial charge in [0.25, 0.3) is 0 Å². The molecule has 6 heteroatoms. The summed E-state index contributed by atoms with van der Waals surface area (Å²) in [7, 11) is 0. The van der Waals surface area contributed by atoms with E-state index >= 15 is 0 Å². The van der Waals surface area contributed by atoms with E-state index in [4.69, 9.17) is 4.74 Å². The Morgan fingerprint density at radius 1 is 1.04 bits per heavy atom. The molecular formula is C18H21N3O3. The van der Waals surface area contributed by atoms with Gasteiger partial charge in [0.2, 0.25) is 5.91 Å². The van der Waals surface area contributed by atoms with Gasteiger partial charge >= 0.3 is 6.03 Å². The van der Waals surface area contributed by atoms with Crippen LogP contribution in [-0.4, -0.2) is 25.1 Å². The number of rotatable bonds is 6. The van der Waals surface area contributed by atoms with Crippen molar-refractivity contribution in [1.29, 1.82) is 0 Å². The monoisotopic (exact) mass is 327 g/mol. The van der Waals surface area contributed by atoms with Gasteiger partial charge in [-0.25, -0.2) is 4.79 Å². The summed E-state index contributed by atoms with van der Waals surface area (Å²) in [6, 6.07) is 14.1. The highest BCUT2D eigenvalue weighted by molar-refractivity contribution is 5.97. The summed E-state index contributed by atoms with van der Waals surface area (Å²) in [4.78, 5) is 23.8. The Kier molecular flexibility index (Phi) is 6.19. The second-order valence-corrected chi connectivity index (χ2v) is 5.15. The number of para-hydroxylation sites is 2. The van der Waals surface area contributed by atoms with E-state index in [0.717, 1.165) is 5.56 Å². The van der Waals surface area contributed by atoms with Crippen LogP contribution in [0.15, 0.2) is 48.5 Å². The summed E-state index contributed by atoms with van der Waals surface area (Å²) in [5.41, 5.74) is 2.29. The highest BCUT2D eigenvalue weighted by Crippen LogP contribution is 2.23. The Hall–Kier alpha value is -3.02. The minimum atomic E-state index is -0.436. The van der Waals surface area contributed by atoms with E-state index < -0.39 is 6.03 Å². The van der Waals surface area contributed by atoms with Crippen molar-refractivity contribution in [3.8, 4) is 5.75 Å². The molecule has 0 aliphatic rings. The molecule has 0 fully saturated rings. The van der Waals surface area contributed by atoms with Crippen LogP contribution >= 0.6 is 0 Å². The van der Waals surface area contributed by atoms with Crippen LogP contribution in [0.1, 0.15) is 12.5 Å². The van der Waals surface area contributed by atoms with Gasteiger partial charge < -0.3 is 20.7 Å². The minimum absolute atomic E-state index is 0.141. The molecule has 0 aliphatic carbocycles. The zero-order valence-electron chi connectivity index (χ0n) is 13.8. The predicted molar refractivity (Wildman–Crippen MR) is 94.4 cm³/mol. The molecule has 0 heterocycles. The van der Waals surface area contributed by atoms with Gasteiger partial charge in [0, 0.05) is 5.69 Å². The van der Waals surface area contributed by atoms with Crippen molar-refractivity contribution in [2.75, 3.05) is 23.8 Å². The first kappa shape index (κ1) is 17.3. The first-order valence-corrected chi connectivity index (χ1v) is 7.71. The van der Waals surface area contributed by atoms with Crippen LogP contribution in [-0.2, 0) is 4.79 Å². The van der Waals surface area contributed by atoms with Crippen molar-refractivity contribution in [1.82, 2.24) is 5.32 Å². The summed E-state index contributed by atoms with van der Waals surface area (Å²) in [6.07, 6.45) is 0. The van der Waals surface area contributed by atoms with Gasteiger partial charge in [-0.3, -0.25) is 4.79 Å². The maximum absolute atomic E-state index is 12.0. The minimum Gasteiger partial charge on any atom is -0.492 e. The van der Waals surface area contributed by atoms with Crippen molar-refractivity contribution >= 4 is 23.3 Å². The van der Waals surface area contributed by atoms with Crippen LogP contribution in [0.4, 0.5) is 16.2 Å². The number of hydrogen-bond acceptors (Lipinski definition) is 3. The lowest BCUT2D eigenvalue weighted by atomic mass is 10.2. The molecular weight excluding hydrogens is 306 g/mol. The molecule has 0 aliphatic heterocycles. The number of amides is 3. The largest absolute Gasteiger partial charge is 0.492 e. The highest BCUT2D eigenvalue weighted by Gasteiger charge is 2.09. The molecule has 126 valence electrons. The Morgan fingerprint density at radius 2 is 1.83 bits per heavy atom.